The van der Waals surface area contributed by atoms with E-state index in [9.17, 15) is 19.8 Å². The topological polar surface area (TPSA) is 87.1 Å². The highest BCUT2D eigenvalue weighted by Gasteiger charge is 2.38. The monoisotopic (exact) mass is 315 g/mol. The van der Waals surface area contributed by atoms with Crippen LogP contribution in [0.15, 0.2) is 16.6 Å². The molecule has 0 aromatic heterocycles. The van der Waals surface area contributed by atoms with Crippen molar-refractivity contribution in [3.8, 4) is 11.5 Å². The lowest BCUT2D eigenvalue weighted by Crippen LogP contribution is -2.53. The number of hydrogen-bond donors (Lipinski definition) is 2. The van der Waals surface area contributed by atoms with Gasteiger partial charge in [0, 0.05) is 0 Å². The lowest BCUT2D eigenvalue weighted by molar-refractivity contribution is -0.177. The van der Waals surface area contributed by atoms with Gasteiger partial charge in [0.2, 0.25) is 5.91 Å². The summed E-state index contributed by atoms with van der Waals surface area (Å²) in [5, 5.41) is 19.5. The third-order valence-corrected chi connectivity index (χ3v) is 3.41. The molecule has 2 rings (SSSR count). The van der Waals surface area contributed by atoms with Crippen LogP contribution in [0.4, 0.5) is 0 Å². The standard InChI is InChI=1S/C11H10BrNO5/c12-7-1-2-8(15)6(11(7)17)4-13-9(16)3-10(13)18-5-14/h1-2,5,10,15,17H,3-4H2. The molecule has 1 aliphatic heterocycles. The first-order valence-electron chi connectivity index (χ1n) is 5.12. The fourth-order valence-corrected chi connectivity index (χ4v) is 2.10. The smallest absolute Gasteiger partial charge is 0.295 e. The van der Waals surface area contributed by atoms with Crippen LogP contribution < -0.4 is 0 Å². The Bertz CT molecular complexity index is 502. The molecular weight excluding hydrogens is 306 g/mol. The molecular formula is C11H10BrNO5. The number of halogens is 1. The second-order valence-electron chi connectivity index (χ2n) is 3.81. The molecule has 1 amide bonds. The number of likely N-dealkylation sites (tertiary alicyclic amines) is 1. The summed E-state index contributed by atoms with van der Waals surface area (Å²) in [7, 11) is 0. The molecule has 0 saturated carbocycles. The van der Waals surface area contributed by atoms with Crippen molar-refractivity contribution in [3.63, 3.8) is 0 Å². The first-order valence-corrected chi connectivity index (χ1v) is 5.91. The van der Waals surface area contributed by atoms with E-state index in [0.717, 1.165) is 0 Å². The number of phenolic OH excluding ortho intramolecular Hbond substituents is 2. The molecule has 1 aliphatic rings. The molecule has 1 unspecified atom stereocenters. The molecule has 0 aliphatic carbocycles. The van der Waals surface area contributed by atoms with E-state index < -0.39 is 6.23 Å². The quantitative estimate of drug-likeness (QED) is 0.641. The van der Waals surface area contributed by atoms with Crippen LogP contribution in [0.2, 0.25) is 0 Å². The zero-order valence-electron chi connectivity index (χ0n) is 9.17. The summed E-state index contributed by atoms with van der Waals surface area (Å²) in [6.07, 6.45) is -0.512. The van der Waals surface area contributed by atoms with Gasteiger partial charge in [0.05, 0.1) is 23.0 Å². The molecule has 1 aromatic rings. The number of hydrogen-bond acceptors (Lipinski definition) is 5. The number of benzene rings is 1. The minimum atomic E-state index is -0.632. The summed E-state index contributed by atoms with van der Waals surface area (Å²) in [5.41, 5.74) is 0.205. The van der Waals surface area contributed by atoms with Gasteiger partial charge in [0.1, 0.15) is 11.5 Å². The highest BCUT2D eigenvalue weighted by molar-refractivity contribution is 9.10. The molecule has 1 heterocycles. The Morgan fingerprint density at radius 1 is 1.50 bits per heavy atom. The molecule has 96 valence electrons. The van der Waals surface area contributed by atoms with Crippen LogP contribution in [0.5, 0.6) is 11.5 Å². The minimum absolute atomic E-state index is 0.0194. The lowest BCUT2D eigenvalue weighted by Gasteiger charge is -2.38. The number of aromatic hydroxyl groups is 2. The van der Waals surface area contributed by atoms with Gasteiger partial charge < -0.3 is 19.8 Å². The molecule has 1 fully saturated rings. The molecule has 1 aromatic carbocycles. The molecule has 0 spiro atoms. The Balaban J connectivity index is 2.21. The number of carbonyl (C=O) groups is 2. The molecule has 18 heavy (non-hydrogen) atoms. The molecule has 0 radical (unpaired) electrons. The zero-order chi connectivity index (χ0) is 13.3. The maximum atomic E-state index is 11.4. The molecule has 6 nitrogen and oxygen atoms in total. The Labute approximate surface area is 111 Å². The van der Waals surface area contributed by atoms with Crippen LogP contribution in [0, 0.1) is 0 Å². The van der Waals surface area contributed by atoms with Crippen molar-refractivity contribution >= 4 is 28.3 Å². The molecule has 7 heteroatoms. The lowest BCUT2D eigenvalue weighted by atomic mass is 10.1. The third kappa shape index (κ3) is 2.13. The van der Waals surface area contributed by atoms with Crippen molar-refractivity contribution in [2.45, 2.75) is 19.2 Å². The number of rotatable bonds is 4. The summed E-state index contributed by atoms with van der Waals surface area (Å²) < 4.78 is 5.11. The third-order valence-electron chi connectivity index (χ3n) is 2.77. The van der Waals surface area contributed by atoms with Gasteiger partial charge in [0.15, 0.2) is 6.23 Å². The number of phenols is 2. The molecule has 2 N–H and O–H groups in total. The fraction of sp³-hybridized carbons (Fsp3) is 0.273. The first-order chi connectivity index (χ1) is 8.54. The van der Waals surface area contributed by atoms with Gasteiger partial charge in [-0.25, -0.2) is 0 Å². The average Bonchev–Trinajstić information content (AvgIpc) is 2.34. The van der Waals surface area contributed by atoms with Crippen molar-refractivity contribution in [3.05, 3.63) is 22.2 Å². The van der Waals surface area contributed by atoms with Gasteiger partial charge in [-0.1, -0.05) is 0 Å². The van der Waals surface area contributed by atoms with Crippen LogP contribution in [-0.2, 0) is 20.9 Å². The number of amides is 1. The first kappa shape index (κ1) is 12.7. The van der Waals surface area contributed by atoms with Crippen LogP contribution >= 0.6 is 15.9 Å². The highest BCUT2D eigenvalue weighted by atomic mass is 79.9. The summed E-state index contributed by atoms with van der Waals surface area (Å²) in [5.74, 6) is -0.472. The number of carbonyl (C=O) groups excluding carboxylic acids is 2. The number of ether oxygens (including phenoxy) is 1. The predicted octanol–water partition coefficient (Wildman–Crippen LogP) is 1.09. The van der Waals surface area contributed by atoms with Gasteiger partial charge in [-0.05, 0) is 28.1 Å². The predicted molar refractivity (Wildman–Crippen MR) is 63.6 cm³/mol. The maximum absolute atomic E-state index is 11.4. The van der Waals surface area contributed by atoms with E-state index in [2.05, 4.69) is 15.9 Å². The van der Waals surface area contributed by atoms with E-state index in [1.54, 1.807) is 0 Å². The summed E-state index contributed by atoms with van der Waals surface area (Å²) in [6.45, 7) is 0.249. The summed E-state index contributed by atoms with van der Waals surface area (Å²) >= 11 is 3.12. The van der Waals surface area contributed by atoms with Crippen molar-refractivity contribution in [1.82, 2.24) is 4.90 Å². The Kier molecular flexibility index (Phi) is 3.42. The Morgan fingerprint density at radius 3 is 2.83 bits per heavy atom. The van der Waals surface area contributed by atoms with Crippen molar-refractivity contribution in [1.29, 1.82) is 0 Å². The fourth-order valence-electron chi connectivity index (χ4n) is 1.72. The molecule has 1 atom stereocenters. The van der Waals surface area contributed by atoms with Crippen LogP contribution in [-0.4, -0.2) is 33.7 Å². The van der Waals surface area contributed by atoms with E-state index in [4.69, 9.17) is 4.74 Å². The van der Waals surface area contributed by atoms with E-state index in [0.29, 0.717) is 4.47 Å². The van der Waals surface area contributed by atoms with Gasteiger partial charge in [-0.3, -0.25) is 9.59 Å². The maximum Gasteiger partial charge on any atom is 0.295 e. The van der Waals surface area contributed by atoms with Gasteiger partial charge >= 0.3 is 0 Å². The van der Waals surface area contributed by atoms with Crippen LogP contribution in [0.1, 0.15) is 12.0 Å². The summed E-state index contributed by atoms with van der Waals surface area (Å²) in [6, 6.07) is 2.89. The minimum Gasteiger partial charge on any atom is -0.507 e. The second-order valence-corrected chi connectivity index (χ2v) is 4.66. The van der Waals surface area contributed by atoms with Crippen LogP contribution in [0.3, 0.4) is 0 Å². The van der Waals surface area contributed by atoms with E-state index in [1.165, 1.54) is 17.0 Å². The Morgan fingerprint density at radius 2 is 2.22 bits per heavy atom. The van der Waals surface area contributed by atoms with Crippen molar-refractivity contribution < 1.29 is 24.5 Å². The average molecular weight is 316 g/mol. The number of β-lactam (4-membered cyclic amide) rings is 1. The normalized spacial score (nSPS) is 18.4. The van der Waals surface area contributed by atoms with Crippen molar-refractivity contribution in [2.75, 3.05) is 0 Å². The largest absolute Gasteiger partial charge is 0.507 e. The van der Waals surface area contributed by atoms with Gasteiger partial charge in [0.25, 0.3) is 6.47 Å². The molecule has 0 bridgehead atoms. The highest BCUT2D eigenvalue weighted by Crippen LogP contribution is 2.36. The number of nitrogens with zero attached hydrogens (tertiary/aromatic N) is 1. The SMILES string of the molecule is O=COC1CC(=O)N1Cc1c(O)ccc(Br)c1O. The Hall–Kier alpha value is -1.76. The zero-order valence-corrected chi connectivity index (χ0v) is 10.8. The summed E-state index contributed by atoms with van der Waals surface area (Å²) in [4.78, 5) is 22.9. The second kappa shape index (κ2) is 4.85. The van der Waals surface area contributed by atoms with Gasteiger partial charge in [-0.2, -0.15) is 0 Å². The van der Waals surface area contributed by atoms with Crippen molar-refractivity contribution in [2.24, 2.45) is 0 Å². The molecule has 1 saturated heterocycles. The van der Waals surface area contributed by atoms with Crippen LogP contribution in [0.25, 0.3) is 0 Å². The van der Waals surface area contributed by atoms with E-state index in [1.807, 2.05) is 0 Å². The van der Waals surface area contributed by atoms with E-state index in [-0.39, 0.29) is 42.4 Å². The van der Waals surface area contributed by atoms with Gasteiger partial charge in [-0.15, -0.1) is 0 Å². The van der Waals surface area contributed by atoms with E-state index >= 15 is 0 Å².